The Hall–Kier alpha value is -3.75. The molecule has 1 aromatic heterocycles. The Morgan fingerprint density at radius 2 is 1.72 bits per heavy atom. The van der Waals surface area contributed by atoms with Gasteiger partial charge in [0.05, 0.1) is 5.57 Å². The predicted molar refractivity (Wildman–Crippen MR) is 184 cm³/mol. The highest BCUT2D eigenvalue weighted by atomic mass is 35.5. The molecule has 4 aromatic rings. The Kier molecular flexibility index (Phi) is 9.76. The third kappa shape index (κ3) is 7.45. The number of carbonyl (C=O) groups is 1. The Morgan fingerprint density at radius 3 is 2.41 bits per heavy atom. The highest BCUT2D eigenvalue weighted by Gasteiger charge is 2.36. The van der Waals surface area contributed by atoms with Crippen LogP contribution in [0.4, 0.5) is 5.95 Å². The molecule has 9 heteroatoms. The first-order valence-electron chi connectivity index (χ1n) is 16.0. The van der Waals surface area contributed by atoms with E-state index in [2.05, 4.69) is 50.4 Å². The number of aromatic nitrogens is 3. The van der Waals surface area contributed by atoms with Crippen molar-refractivity contribution in [3.63, 3.8) is 0 Å². The number of thioether (sulfide) groups is 1. The van der Waals surface area contributed by atoms with Crippen LogP contribution in [0.5, 0.6) is 5.75 Å². The fourth-order valence-corrected chi connectivity index (χ4v) is 7.05. The average Bonchev–Trinajstić information content (AvgIpc) is 3.45. The van der Waals surface area contributed by atoms with Gasteiger partial charge < -0.3 is 14.8 Å². The molecule has 0 amide bonds. The number of hydrogen-bond acceptors (Lipinski definition) is 7. The molecule has 1 aliphatic heterocycles. The van der Waals surface area contributed by atoms with Gasteiger partial charge in [0, 0.05) is 16.5 Å². The smallest absolute Gasteiger partial charge is 0.338 e. The first-order chi connectivity index (χ1) is 22.2. The number of nitrogens with one attached hydrogen (secondary N) is 1. The number of halogens is 1. The maximum atomic E-state index is 13.8. The number of nitrogens with zero attached hydrogens (tertiary/aromatic N) is 3. The topological polar surface area (TPSA) is 78.3 Å². The summed E-state index contributed by atoms with van der Waals surface area (Å²) in [6.45, 7) is 9.00. The van der Waals surface area contributed by atoms with Gasteiger partial charge in [-0.05, 0) is 78.5 Å². The number of anilines is 1. The molecule has 3 aromatic carbocycles. The van der Waals surface area contributed by atoms with Gasteiger partial charge in [-0.3, -0.25) is 0 Å². The second-order valence-corrected chi connectivity index (χ2v) is 14.4. The number of allylic oxidation sites excluding steroid dienone is 1. The Labute approximate surface area is 280 Å². The second-order valence-electron chi connectivity index (χ2n) is 13.1. The van der Waals surface area contributed by atoms with Gasteiger partial charge in [-0.1, -0.05) is 105 Å². The lowest BCUT2D eigenvalue weighted by Crippen LogP contribution is -2.32. The van der Waals surface area contributed by atoms with E-state index in [0.29, 0.717) is 39.8 Å². The van der Waals surface area contributed by atoms with E-state index in [1.807, 2.05) is 55.5 Å². The molecule has 1 aliphatic carbocycles. The number of rotatable bonds is 9. The van der Waals surface area contributed by atoms with E-state index in [0.717, 1.165) is 48.1 Å². The van der Waals surface area contributed by atoms with Crippen LogP contribution in [0.15, 0.2) is 89.2 Å². The van der Waals surface area contributed by atoms with Crippen molar-refractivity contribution in [2.24, 2.45) is 0 Å². The van der Waals surface area contributed by atoms with Crippen LogP contribution in [0, 0.1) is 0 Å². The molecule has 2 aliphatic rings. The highest BCUT2D eigenvalue weighted by molar-refractivity contribution is 7.98. The van der Waals surface area contributed by atoms with Gasteiger partial charge in [0.25, 0.3) is 0 Å². The number of ether oxygens (including phenoxy) is 2. The van der Waals surface area contributed by atoms with Crippen molar-refractivity contribution >= 4 is 35.3 Å². The van der Waals surface area contributed by atoms with Crippen LogP contribution < -0.4 is 10.1 Å². The summed E-state index contributed by atoms with van der Waals surface area (Å²) in [7, 11) is 0. The molecule has 0 saturated heterocycles. The molecule has 1 atom stereocenters. The van der Waals surface area contributed by atoms with Crippen LogP contribution in [0.2, 0.25) is 5.02 Å². The molecule has 7 nitrogen and oxygen atoms in total. The maximum absolute atomic E-state index is 13.8. The maximum Gasteiger partial charge on any atom is 0.338 e. The number of esters is 1. The molecular formula is C37H41ClN4O3S. The van der Waals surface area contributed by atoms with Crippen molar-refractivity contribution in [3.05, 3.63) is 111 Å². The molecule has 0 radical (unpaired) electrons. The Morgan fingerprint density at radius 1 is 1.00 bits per heavy atom. The minimum absolute atomic E-state index is 0.0608. The van der Waals surface area contributed by atoms with Gasteiger partial charge in [-0.25, -0.2) is 9.48 Å². The minimum Gasteiger partial charge on any atom is -0.489 e. The van der Waals surface area contributed by atoms with E-state index in [-0.39, 0.29) is 17.5 Å². The standard InChI is InChI=1S/C37H41ClN4O3S/c1-24-32(34(43)45-30-11-6-5-7-12-30)33(42-35(39-24)40-36(41-42)46-23-27-10-8-9-13-31(27)38)26-16-20-29(21-17-26)44-22-25-14-18-28(19-15-25)37(2,3)4/h8-10,13-21,30,33H,5-7,11-12,22-23H2,1-4H3,(H,39,40,41). The lowest BCUT2D eigenvalue weighted by molar-refractivity contribution is -0.146. The molecule has 6 rings (SSSR count). The molecule has 0 bridgehead atoms. The first kappa shape index (κ1) is 32.2. The fourth-order valence-electron chi connectivity index (χ4n) is 5.93. The van der Waals surface area contributed by atoms with Crippen LogP contribution in [0.25, 0.3) is 0 Å². The third-order valence-corrected chi connectivity index (χ3v) is 9.87. The molecule has 1 fully saturated rings. The molecule has 2 heterocycles. The molecule has 240 valence electrons. The first-order valence-corrected chi connectivity index (χ1v) is 17.4. The summed E-state index contributed by atoms with van der Waals surface area (Å²) in [5.74, 6) is 1.64. The zero-order valence-corrected chi connectivity index (χ0v) is 28.5. The molecular weight excluding hydrogens is 616 g/mol. The third-order valence-electron chi connectivity index (χ3n) is 8.61. The molecule has 1 unspecified atom stereocenters. The number of carbonyl (C=O) groups excluding carboxylic acids is 1. The second kappa shape index (κ2) is 13.9. The highest BCUT2D eigenvalue weighted by Crippen LogP contribution is 2.38. The number of benzene rings is 3. The van der Waals surface area contributed by atoms with Crippen LogP contribution in [0.1, 0.15) is 88.1 Å². The summed E-state index contributed by atoms with van der Waals surface area (Å²) in [6, 6.07) is 23.7. The molecule has 46 heavy (non-hydrogen) atoms. The largest absolute Gasteiger partial charge is 0.489 e. The lowest BCUT2D eigenvalue weighted by Gasteiger charge is -2.30. The van der Waals surface area contributed by atoms with E-state index in [9.17, 15) is 4.79 Å². The van der Waals surface area contributed by atoms with E-state index < -0.39 is 6.04 Å². The summed E-state index contributed by atoms with van der Waals surface area (Å²) in [6.07, 6.45) is 5.09. The zero-order valence-electron chi connectivity index (χ0n) is 26.9. The van der Waals surface area contributed by atoms with Gasteiger partial charge in [-0.2, -0.15) is 4.98 Å². The van der Waals surface area contributed by atoms with E-state index in [1.165, 1.54) is 23.7 Å². The van der Waals surface area contributed by atoms with Crippen LogP contribution >= 0.6 is 23.4 Å². The van der Waals surface area contributed by atoms with Gasteiger partial charge >= 0.3 is 5.97 Å². The summed E-state index contributed by atoms with van der Waals surface area (Å²) < 4.78 is 14.0. The Bertz CT molecular complexity index is 1700. The molecule has 1 N–H and O–H groups in total. The summed E-state index contributed by atoms with van der Waals surface area (Å²) in [4.78, 5) is 18.6. The lowest BCUT2D eigenvalue weighted by atomic mass is 9.87. The van der Waals surface area contributed by atoms with Gasteiger partial charge in [-0.15, -0.1) is 5.10 Å². The van der Waals surface area contributed by atoms with Crippen molar-refractivity contribution in [2.75, 3.05) is 5.32 Å². The molecule has 0 spiro atoms. The average molecular weight is 657 g/mol. The quantitative estimate of drug-likeness (QED) is 0.142. The Balaban J connectivity index is 1.24. The normalized spacial score (nSPS) is 16.9. The van der Waals surface area contributed by atoms with Crippen molar-refractivity contribution in [3.8, 4) is 5.75 Å². The van der Waals surface area contributed by atoms with Crippen molar-refractivity contribution < 1.29 is 14.3 Å². The van der Waals surface area contributed by atoms with Crippen LogP contribution in [-0.4, -0.2) is 26.8 Å². The van der Waals surface area contributed by atoms with Crippen molar-refractivity contribution in [1.29, 1.82) is 0 Å². The van der Waals surface area contributed by atoms with Crippen molar-refractivity contribution in [2.45, 2.75) is 94.9 Å². The van der Waals surface area contributed by atoms with E-state index in [4.69, 9.17) is 31.2 Å². The summed E-state index contributed by atoms with van der Waals surface area (Å²) >= 11 is 7.90. The molecule has 1 saturated carbocycles. The zero-order chi connectivity index (χ0) is 32.3. The van der Waals surface area contributed by atoms with E-state index >= 15 is 0 Å². The van der Waals surface area contributed by atoms with E-state index in [1.54, 1.807) is 4.68 Å². The number of hydrogen-bond donors (Lipinski definition) is 1. The summed E-state index contributed by atoms with van der Waals surface area (Å²) in [5, 5.41) is 9.51. The van der Waals surface area contributed by atoms with Gasteiger partial charge in [0.15, 0.2) is 0 Å². The fraction of sp³-hybridized carbons (Fsp3) is 0.378. The van der Waals surface area contributed by atoms with Gasteiger partial charge in [0.1, 0.15) is 24.5 Å². The van der Waals surface area contributed by atoms with Crippen molar-refractivity contribution in [1.82, 2.24) is 14.8 Å². The predicted octanol–water partition coefficient (Wildman–Crippen LogP) is 9.27. The number of fused-ring (bicyclic) bond motifs is 1. The van der Waals surface area contributed by atoms with Gasteiger partial charge in [0.2, 0.25) is 11.1 Å². The van der Waals surface area contributed by atoms with Crippen LogP contribution in [0.3, 0.4) is 0 Å². The summed E-state index contributed by atoms with van der Waals surface area (Å²) in [5.41, 5.74) is 5.67. The minimum atomic E-state index is -0.506. The SMILES string of the molecule is CC1=C(C(=O)OC2CCCCC2)C(c2ccc(OCc3ccc(C(C)(C)C)cc3)cc2)n2nc(SCc3ccccc3Cl)nc2N1. The monoisotopic (exact) mass is 656 g/mol. The van der Waals surface area contributed by atoms with Crippen LogP contribution in [-0.2, 0) is 27.3 Å².